The molecule has 4 nitrogen and oxygen atoms in total. The second kappa shape index (κ2) is 5.12. The Morgan fingerprint density at radius 1 is 1.35 bits per heavy atom. The first-order chi connectivity index (χ1) is 9.65. The lowest BCUT2D eigenvalue weighted by Gasteiger charge is -2.23. The van der Waals surface area contributed by atoms with E-state index in [1.165, 1.54) is 0 Å². The summed E-state index contributed by atoms with van der Waals surface area (Å²) in [5.41, 5.74) is 1.86. The molecule has 1 saturated carbocycles. The van der Waals surface area contributed by atoms with Crippen molar-refractivity contribution in [2.24, 2.45) is 0 Å². The number of ketones is 1. The first-order valence-electron chi connectivity index (χ1n) is 6.97. The molecule has 1 fully saturated rings. The molecule has 1 atom stereocenters. The highest BCUT2D eigenvalue weighted by molar-refractivity contribution is 5.88. The zero-order chi connectivity index (χ0) is 14.1. The number of rotatable bonds is 3. The lowest BCUT2D eigenvalue weighted by atomic mass is 9.94. The SMILES string of the molecule is O=C(O)Cc1cn(C2CCCC(=O)C2)c2ccccc12. The molecule has 1 N–H and O–H groups in total. The van der Waals surface area contributed by atoms with Crippen molar-refractivity contribution < 1.29 is 14.7 Å². The van der Waals surface area contributed by atoms with Crippen LogP contribution in [0.3, 0.4) is 0 Å². The van der Waals surface area contributed by atoms with Crippen LogP contribution in [-0.2, 0) is 16.0 Å². The molecule has 0 spiro atoms. The van der Waals surface area contributed by atoms with Crippen molar-refractivity contribution in [1.82, 2.24) is 4.57 Å². The number of para-hydroxylation sites is 1. The number of aliphatic carboxylic acids is 1. The molecule has 1 unspecified atom stereocenters. The summed E-state index contributed by atoms with van der Waals surface area (Å²) in [4.78, 5) is 22.6. The molecule has 0 aliphatic heterocycles. The van der Waals surface area contributed by atoms with Gasteiger partial charge in [-0.25, -0.2) is 0 Å². The largest absolute Gasteiger partial charge is 0.481 e. The predicted octanol–water partition coefficient (Wildman–Crippen LogP) is 2.95. The number of benzene rings is 1. The van der Waals surface area contributed by atoms with E-state index in [0.717, 1.165) is 29.3 Å². The van der Waals surface area contributed by atoms with Crippen LogP contribution in [0.15, 0.2) is 30.5 Å². The van der Waals surface area contributed by atoms with Crippen LogP contribution in [0.1, 0.15) is 37.3 Å². The van der Waals surface area contributed by atoms with Crippen molar-refractivity contribution >= 4 is 22.7 Å². The fraction of sp³-hybridized carbons (Fsp3) is 0.375. The Kier molecular flexibility index (Phi) is 3.30. The Bertz CT molecular complexity index is 671. The van der Waals surface area contributed by atoms with Crippen molar-refractivity contribution in [3.8, 4) is 0 Å². The number of carboxylic acids is 1. The number of Topliss-reactive ketones (excluding diaryl/α,β-unsaturated/α-hetero) is 1. The minimum absolute atomic E-state index is 0.0220. The van der Waals surface area contributed by atoms with E-state index >= 15 is 0 Å². The Morgan fingerprint density at radius 2 is 2.15 bits per heavy atom. The van der Waals surface area contributed by atoms with E-state index in [1.807, 2.05) is 30.5 Å². The molecule has 104 valence electrons. The second-order valence-corrected chi connectivity index (χ2v) is 5.44. The van der Waals surface area contributed by atoms with E-state index in [-0.39, 0.29) is 12.5 Å². The van der Waals surface area contributed by atoms with Gasteiger partial charge in [-0.2, -0.15) is 0 Å². The highest BCUT2D eigenvalue weighted by atomic mass is 16.4. The summed E-state index contributed by atoms with van der Waals surface area (Å²) >= 11 is 0. The number of carbonyl (C=O) groups excluding carboxylic acids is 1. The minimum Gasteiger partial charge on any atom is -0.481 e. The van der Waals surface area contributed by atoms with E-state index in [0.29, 0.717) is 18.6 Å². The summed E-state index contributed by atoms with van der Waals surface area (Å²) in [5.74, 6) is -0.522. The van der Waals surface area contributed by atoms with Crippen molar-refractivity contribution in [1.29, 1.82) is 0 Å². The Balaban J connectivity index is 2.06. The van der Waals surface area contributed by atoms with Gasteiger partial charge >= 0.3 is 5.97 Å². The number of carbonyl (C=O) groups is 2. The van der Waals surface area contributed by atoms with Crippen molar-refractivity contribution in [2.75, 3.05) is 0 Å². The quantitative estimate of drug-likeness (QED) is 0.933. The highest BCUT2D eigenvalue weighted by Gasteiger charge is 2.23. The smallest absolute Gasteiger partial charge is 0.307 e. The fourth-order valence-corrected chi connectivity index (χ4v) is 3.12. The number of fused-ring (bicyclic) bond motifs is 1. The van der Waals surface area contributed by atoms with Crippen LogP contribution >= 0.6 is 0 Å². The van der Waals surface area contributed by atoms with Gasteiger partial charge in [0.05, 0.1) is 6.42 Å². The Hall–Kier alpha value is -2.10. The number of nitrogens with zero attached hydrogens (tertiary/aromatic N) is 1. The Morgan fingerprint density at radius 3 is 2.90 bits per heavy atom. The molecule has 20 heavy (non-hydrogen) atoms. The van der Waals surface area contributed by atoms with Gasteiger partial charge < -0.3 is 9.67 Å². The van der Waals surface area contributed by atoms with E-state index in [1.54, 1.807) is 0 Å². The molecule has 0 bridgehead atoms. The normalized spacial score (nSPS) is 19.4. The van der Waals surface area contributed by atoms with E-state index in [9.17, 15) is 9.59 Å². The molecule has 2 aromatic rings. The highest BCUT2D eigenvalue weighted by Crippen LogP contribution is 2.32. The maximum absolute atomic E-state index is 11.7. The molecular formula is C16H17NO3. The standard InChI is InChI=1S/C16H17NO3/c18-13-5-3-4-12(9-13)17-10-11(8-16(19)20)14-6-1-2-7-15(14)17/h1-2,6-7,10,12H,3-5,8-9H2,(H,19,20). The molecule has 3 rings (SSSR count). The van der Waals surface area contributed by atoms with Gasteiger partial charge in [-0.1, -0.05) is 18.2 Å². The Labute approximate surface area is 117 Å². The average Bonchev–Trinajstić information content (AvgIpc) is 2.77. The summed E-state index contributed by atoms with van der Waals surface area (Å²) in [6.45, 7) is 0. The van der Waals surface area contributed by atoms with E-state index in [4.69, 9.17) is 5.11 Å². The van der Waals surface area contributed by atoms with Gasteiger partial charge in [0, 0.05) is 36.0 Å². The lowest BCUT2D eigenvalue weighted by Crippen LogP contribution is -2.18. The van der Waals surface area contributed by atoms with Crippen LogP contribution in [0.25, 0.3) is 10.9 Å². The molecule has 1 aliphatic rings. The summed E-state index contributed by atoms with van der Waals surface area (Å²) in [6, 6.07) is 8.00. The molecule has 0 amide bonds. The second-order valence-electron chi connectivity index (χ2n) is 5.44. The van der Waals surface area contributed by atoms with Gasteiger partial charge in [0.25, 0.3) is 0 Å². The molecule has 0 saturated heterocycles. The molecule has 1 aliphatic carbocycles. The van der Waals surface area contributed by atoms with E-state index < -0.39 is 5.97 Å². The first-order valence-corrected chi connectivity index (χ1v) is 6.97. The van der Waals surface area contributed by atoms with Crippen LogP contribution in [-0.4, -0.2) is 21.4 Å². The summed E-state index contributed by atoms with van der Waals surface area (Å²) in [7, 11) is 0. The van der Waals surface area contributed by atoms with Crippen LogP contribution in [0, 0.1) is 0 Å². The van der Waals surface area contributed by atoms with Gasteiger partial charge in [-0.05, 0) is 24.5 Å². The van der Waals surface area contributed by atoms with E-state index in [2.05, 4.69) is 4.57 Å². The van der Waals surface area contributed by atoms with Crippen molar-refractivity contribution in [3.05, 3.63) is 36.0 Å². The first kappa shape index (κ1) is 12.9. The van der Waals surface area contributed by atoms with Crippen molar-refractivity contribution in [2.45, 2.75) is 38.1 Å². The lowest BCUT2D eigenvalue weighted by molar-refractivity contribution is -0.136. The minimum atomic E-state index is -0.826. The molecule has 1 heterocycles. The number of aromatic nitrogens is 1. The fourth-order valence-electron chi connectivity index (χ4n) is 3.12. The van der Waals surface area contributed by atoms with Crippen LogP contribution in [0.2, 0.25) is 0 Å². The zero-order valence-electron chi connectivity index (χ0n) is 11.2. The van der Waals surface area contributed by atoms with Crippen molar-refractivity contribution in [3.63, 3.8) is 0 Å². The van der Waals surface area contributed by atoms with Crippen LogP contribution in [0.5, 0.6) is 0 Å². The molecule has 1 aromatic heterocycles. The van der Waals surface area contributed by atoms with Gasteiger partial charge in [0.15, 0.2) is 0 Å². The number of hydrogen-bond acceptors (Lipinski definition) is 2. The predicted molar refractivity (Wildman–Crippen MR) is 75.8 cm³/mol. The summed E-state index contributed by atoms with van der Waals surface area (Å²) in [5, 5.41) is 10.0. The third-order valence-corrected chi connectivity index (χ3v) is 4.01. The van der Waals surface area contributed by atoms with Crippen LogP contribution in [0.4, 0.5) is 0 Å². The third-order valence-electron chi connectivity index (χ3n) is 4.01. The van der Waals surface area contributed by atoms with Gasteiger partial charge in [0.2, 0.25) is 0 Å². The van der Waals surface area contributed by atoms with Gasteiger partial charge in [0.1, 0.15) is 5.78 Å². The summed E-state index contributed by atoms with van der Waals surface area (Å²) in [6.07, 6.45) is 5.08. The molecule has 4 heteroatoms. The number of carboxylic acid groups (broad SMARTS) is 1. The van der Waals surface area contributed by atoms with Crippen LogP contribution < -0.4 is 0 Å². The zero-order valence-corrected chi connectivity index (χ0v) is 11.2. The molecule has 0 radical (unpaired) electrons. The monoisotopic (exact) mass is 271 g/mol. The van der Waals surface area contributed by atoms with Gasteiger partial charge in [-0.15, -0.1) is 0 Å². The molecular weight excluding hydrogens is 254 g/mol. The maximum Gasteiger partial charge on any atom is 0.307 e. The number of hydrogen-bond donors (Lipinski definition) is 1. The maximum atomic E-state index is 11.7. The summed E-state index contributed by atoms with van der Waals surface area (Å²) < 4.78 is 2.10. The third kappa shape index (κ3) is 2.33. The molecule has 1 aromatic carbocycles. The topological polar surface area (TPSA) is 59.3 Å². The van der Waals surface area contributed by atoms with Gasteiger partial charge in [-0.3, -0.25) is 9.59 Å². The average molecular weight is 271 g/mol.